The van der Waals surface area contributed by atoms with Crippen LogP contribution in [0.3, 0.4) is 0 Å². The Balaban J connectivity index is 1.80. The van der Waals surface area contributed by atoms with Gasteiger partial charge < -0.3 is 15.0 Å². The van der Waals surface area contributed by atoms with E-state index in [1.54, 1.807) is 61.7 Å². The van der Waals surface area contributed by atoms with Crippen LogP contribution in [0.2, 0.25) is 5.02 Å². The number of ether oxygens (including phenoxy) is 1. The average Bonchev–Trinajstić information content (AvgIpc) is 3.04. The maximum atomic E-state index is 14.4. The number of rotatable bonds is 14. The first-order valence-corrected chi connectivity index (χ1v) is 16.1. The van der Waals surface area contributed by atoms with Crippen molar-refractivity contribution in [2.45, 2.75) is 37.2 Å². The van der Waals surface area contributed by atoms with Crippen LogP contribution in [-0.2, 0) is 32.6 Å². The van der Waals surface area contributed by atoms with Crippen LogP contribution in [0.1, 0.15) is 24.5 Å². The van der Waals surface area contributed by atoms with E-state index in [4.69, 9.17) is 16.3 Å². The number of amides is 2. The summed E-state index contributed by atoms with van der Waals surface area (Å²) in [7, 11) is -2.64. The Bertz CT molecular complexity index is 1650. The Kier molecular flexibility index (Phi) is 11.4. The topological polar surface area (TPSA) is 96.0 Å². The second-order valence-electron chi connectivity index (χ2n) is 10.2. The van der Waals surface area contributed by atoms with Gasteiger partial charge in [0.15, 0.2) is 0 Å². The third-order valence-corrected chi connectivity index (χ3v) is 9.04. The van der Waals surface area contributed by atoms with Crippen molar-refractivity contribution in [1.29, 1.82) is 0 Å². The minimum atomic E-state index is -4.20. The maximum absolute atomic E-state index is 14.4. The molecule has 44 heavy (non-hydrogen) atoms. The summed E-state index contributed by atoms with van der Waals surface area (Å²) >= 11 is 6.27. The highest BCUT2D eigenvalue weighted by molar-refractivity contribution is 7.92. The Morgan fingerprint density at radius 3 is 2.18 bits per heavy atom. The van der Waals surface area contributed by atoms with E-state index < -0.39 is 28.5 Å². The van der Waals surface area contributed by atoms with Gasteiger partial charge in [-0.05, 0) is 60.0 Å². The molecule has 0 aromatic heterocycles. The molecule has 4 aromatic carbocycles. The number of hydrogen-bond donors (Lipinski definition) is 1. The molecule has 8 nitrogen and oxygen atoms in total. The first kappa shape index (κ1) is 32.6. The summed E-state index contributed by atoms with van der Waals surface area (Å²) < 4.78 is 34.4. The van der Waals surface area contributed by atoms with Crippen LogP contribution in [0, 0.1) is 0 Å². The fourth-order valence-electron chi connectivity index (χ4n) is 4.77. The molecule has 0 radical (unpaired) electrons. The predicted octanol–water partition coefficient (Wildman–Crippen LogP) is 5.71. The summed E-state index contributed by atoms with van der Waals surface area (Å²) in [5.74, 6) is -0.288. The van der Waals surface area contributed by atoms with Crippen molar-refractivity contribution >= 4 is 39.1 Å². The summed E-state index contributed by atoms with van der Waals surface area (Å²) in [5, 5.41) is 3.26. The first-order valence-electron chi connectivity index (χ1n) is 14.3. The summed E-state index contributed by atoms with van der Waals surface area (Å²) in [4.78, 5) is 29.6. The third-order valence-electron chi connectivity index (χ3n) is 7.01. The molecule has 0 bridgehead atoms. The van der Waals surface area contributed by atoms with Gasteiger partial charge in [0, 0.05) is 24.5 Å². The second kappa shape index (κ2) is 15.4. The molecule has 1 N–H and O–H groups in total. The minimum Gasteiger partial charge on any atom is -0.497 e. The molecule has 0 fully saturated rings. The molecule has 0 aliphatic rings. The highest BCUT2D eigenvalue weighted by Gasteiger charge is 2.34. The zero-order chi connectivity index (χ0) is 31.5. The van der Waals surface area contributed by atoms with Gasteiger partial charge in [-0.2, -0.15) is 0 Å². The van der Waals surface area contributed by atoms with Gasteiger partial charge in [-0.1, -0.05) is 85.3 Å². The van der Waals surface area contributed by atoms with Crippen molar-refractivity contribution < 1.29 is 22.7 Å². The normalized spacial score (nSPS) is 11.8. The smallest absolute Gasteiger partial charge is 0.264 e. The van der Waals surface area contributed by atoms with Gasteiger partial charge in [0.1, 0.15) is 18.3 Å². The second-order valence-corrected chi connectivity index (χ2v) is 12.5. The number of nitrogens with zero attached hydrogens (tertiary/aromatic N) is 2. The van der Waals surface area contributed by atoms with Crippen LogP contribution in [0.15, 0.2) is 114 Å². The number of carbonyl (C=O) groups excluding carboxylic acids is 2. The largest absolute Gasteiger partial charge is 0.497 e. The molecule has 2 amide bonds. The lowest BCUT2D eigenvalue weighted by molar-refractivity contribution is -0.140. The zero-order valence-corrected chi connectivity index (χ0v) is 26.3. The van der Waals surface area contributed by atoms with Crippen molar-refractivity contribution in [2.24, 2.45) is 0 Å². The predicted molar refractivity (Wildman–Crippen MR) is 173 cm³/mol. The van der Waals surface area contributed by atoms with Crippen LogP contribution >= 0.6 is 11.6 Å². The molecule has 0 aliphatic heterocycles. The van der Waals surface area contributed by atoms with Crippen molar-refractivity contribution in [3.05, 3.63) is 125 Å². The highest BCUT2D eigenvalue weighted by Crippen LogP contribution is 2.27. The fraction of sp³-hybridized carbons (Fsp3) is 0.235. The van der Waals surface area contributed by atoms with Crippen LogP contribution < -0.4 is 14.4 Å². The van der Waals surface area contributed by atoms with Crippen LogP contribution in [-0.4, -0.2) is 51.4 Å². The first-order chi connectivity index (χ1) is 21.2. The third kappa shape index (κ3) is 8.39. The van der Waals surface area contributed by atoms with Gasteiger partial charge >= 0.3 is 0 Å². The van der Waals surface area contributed by atoms with Gasteiger partial charge in [0.25, 0.3) is 10.0 Å². The van der Waals surface area contributed by atoms with E-state index in [0.717, 1.165) is 15.4 Å². The Labute approximate surface area is 264 Å². The average molecular weight is 634 g/mol. The number of benzene rings is 4. The number of hydrogen-bond acceptors (Lipinski definition) is 5. The van der Waals surface area contributed by atoms with Gasteiger partial charge in [-0.3, -0.25) is 13.9 Å². The molecule has 1 atom stereocenters. The molecule has 4 rings (SSSR count). The molecular weight excluding hydrogens is 598 g/mol. The number of halogens is 1. The van der Waals surface area contributed by atoms with Crippen LogP contribution in [0.4, 0.5) is 5.69 Å². The van der Waals surface area contributed by atoms with Crippen LogP contribution in [0.5, 0.6) is 5.75 Å². The van der Waals surface area contributed by atoms with Gasteiger partial charge in [0.05, 0.1) is 17.7 Å². The van der Waals surface area contributed by atoms with E-state index in [2.05, 4.69) is 5.32 Å². The van der Waals surface area contributed by atoms with Gasteiger partial charge in [-0.15, -0.1) is 0 Å². The minimum absolute atomic E-state index is 0.0219. The van der Waals surface area contributed by atoms with Gasteiger partial charge in [-0.25, -0.2) is 8.42 Å². The highest BCUT2D eigenvalue weighted by atomic mass is 35.5. The molecule has 4 aromatic rings. The monoisotopic (exact) mass is 633 g/mol. The molecule has 0 saturated carbocycles. The lowest BCUT2D eigenvalue weighted by atomic mass is 10.0. The summed E-state index contributed by atoms with van der Waals surface area (Å²) in [6, 6.07) is 29.9. The number of methoxy groups -OCH3 is 1. The molecule has 0 saturated heterocycles. The Hall–Kier alpha value is -4.34. The molecule has 0 aliphatic carbocycles. The number of nitrogens with one attached hydrogen (secondary N) is 1. The van der Waals surface area contributed by atoms with E-state index in [0.29, 0.717) is 23.7 Å². The van der Waals surface area contributed by atoms with E-state index in [1.165, 1.54) is 23.1 Å². The summed E-state index contributed by atoms with van der Waals surface area (Å²) in [6.45, 7) is 1.86. The molecule has 10 heteroatoms. The lowest BCUT2D eigenvalue weighted by Crippen LogP contribution is -2.53. The maximum Gasteiger partial charge on any atom is 0.264 e. The van der Waals surface area contributed by atoms with E-state index in [1.807, 2.05) is 43.3 Å². The number of carbonyl (C=O) groups is 2. The summed E-state index contributed by atoms with van der Waals surface area (Å²) in [5.41, 5.74) is 1.81. The fourth-order valence-corrected chi connectivity index (χ4v) is 6.38. The van der Waals surface area contributed by atoms with E-state index in [-0.39, 0.29) is 29.5 Å². The zero-order valence-electron chi connectivity index (χ0n) is 24.7. The molecule has 0 spiro atoms. The lowest BCUT2D eigenvalue weighted by Gasteiger charge is -2.34. The Morgan fingerprint density at radius 1 is 0.864 bits per heavy atom. The van der Waals surface area contributed by atoms with Crippen molar-refractivity contribution in [3.63, 3.8) is 0 Å². The number of anilines is 1. The van der Waals surface area contributed by atoms with Crippen molar-refractivity contribution in [2.75, 3.05) is 24.5 Å². The molecule has 0 unspecified atom stereocenters. The van der Waals surface area contributed by atoms with E-state index in [9.17, 15) is 18.0 Å². The van der Waals surface area contributed by atoms with Gasteiger partial charge in [0.2, 0.25) is 11.8 Å². The van der Waals surface area contributed by atoms with Crippen LogP contribution in [0.25, 0.3) is 0 Å². The van der Waals surface area contributed by atoms with E-state index >= 15 is 0 Å². The van der Waals surface area contributed by atoms with Crippen molar-refractivity contribution in [3.8, 4) is 5.75 Å². The SMILES string of the molecule is CCCNC(=O)[C@H](Cc1ccccc1)N(Cc1cccc(OC)c1)C(=O)CN(c1cccc(Cl)c1)S(=O)(=O)c1ccccc1. The quantitative estimate of drug-likeness (QED) is 0.192. The molecule has 230 valence electrons. The molecule has 0 heterocycles. The summed E-state index contributed by atoms with van der Waals surface area (Å²) in [6.07, 6.45) is 0.945. The van der Waals surface area contributed by atoms with Crippen molar-refractivity contribution in [1.82, 2.24) is 10.2 Å². The number of sulfonamides is 1. The Morgan fingerprint density at radius 2 is 1.52 bits per heavy atom. The molecular formula is C34H36ClN3O5S. The standard InChI is InChI=1S/C34H36ClN3O5S/c1-3-20-36-34(40)32(22-26-12-6-4-7-13-26)37(24-27-14-10-17-30(21-27)43-2)33(39)25-38(29-16-11-15-28(35)23-29)44(41,42)31-18-8-5-9-19-31/h4-19,21,23,32H,3,20,22,24-25H2,1-2H3,(H,36,40)/t32-/m0/s1.